The predicted molar refractivity (Wildman–Crippen MR) is 82.0 cm³/mol. The van der Waals surface area contributed by atoms with Crippen LogP contribution in [0.3, 0.4) is 0 Å². The zero-order valence-corrected chi connectivity index (χ0v) is 12.7. The standard InChI is InChI=1S/C15H18ClN3O/c1-4-20-14-6-5-13(8-12(14)9-16)19-15-7-10(2)17-11(3)18-15/h5-8H,4,9H2,1-3H3,(H,17,18,19). The molecule has 2 aromatic rings. The normalized spacial score (nSPS) is 10.4. The number of alkyl halides is 1. The van der Waals surface area contributed by atoms with Crippen LogP contribution in [0.1, 0.15) is 24.0 Å². The summed E-state index contributed by atoms with van der Waals surface area (Å²) in [5, 5.41) is 3.26. The average molecular weight is 292 g/mol. The lowest BCUT2D eigenvalue weighted by Crippen LogP contribution is -2.00. The van der Waals surface area contributed by atoms with Gasteiger partial charge in [0, 0.05) is 23.0 Å². The van der Waals surface area contributed by atoms with Crippen molar-refractivity contribution in [3.05, 3.63) is 41.3 Å². The van der Waals surface area contributed by atoms with E-state index >= 15 is 0 Å². The summed E-state index contributed by atoms with van der Waals surface area (Å²) in [5.41, 5.74) is 2.83. The minimum atomic E-state index is 0.409. The predicted octanol–water partition coefficient (Wildman–Crippen LogP) is 3.97. The maximum absolute atomic E-state index is 5.96. The number of halogens is 1. The van der Waals surface area contributed by atoms with Gasteiger partial charge in [-0.05, 0) is 39.0 Å². The number of hydrogen-bond acceptors (Lipinski definition) is 4. The average Bonchev–Trinajstić information content (AvgIpc) is 2.39. The SMILES string of the molecule is CCOc1ccc(Nc2cc(C)nc(C)n2)cc1CCl. The van der Waals surface area contributed by atoms with E-state index in [9.17, 15) is 0 Å². The highest BCUT2D eigenvalue weighted by Crippen LogP contribution is 2.26. The fraction of sp³-hybridized carbons (Fsp3) is 0.333. The second-order valence-corrected chi connectivity index (χ2v) is 4.72. The molecule has 0 unspecified atom stereocenters. The van der Waals surface area contributed by atoms with E-state index < -0.39 is 0 Å². The largest absolute Gasteiger partial charge is 0.494 e. The first-order chi connectivity index (χ1) is 9.62. The first-order valence-electron chi connectivity index (χ1n) is 6.53. The van der Waals surface area contributed by atoms with Crippen molar-refractivity contribution in [3.8, 4) is 5.75 Å². The number of rotatable bonds is 5. The number of nitrogens with zero attached hydrogens (tertiary/aromatic N) is 2. The number of anilines is 2. The molecule has 1 aromatic carbocycles. The van der Waals surface area contributed by atoms with Gasteiger partial charge in [0.25, 0.3) is 0 Å². The molecular formula is C15H18ClN3O. The number of benzene rings is 1. The molecule has 1 heterocycles. The molecular weight excluding hydrogens is 274 g/mol. The van der Waals surface area contributed by atoms with Crippen molar-refractivity contribution in [1.82, 2.24) is 9.97 Å². The minimum absolute atomic E-state index is 0.409. The lowest BCUT2D eigenvalue weighted by molar-refractivity contribution is 0.337. The molecule has 0 spiro atoms. The van der Waals surface area contributed by atoms with Gasteiger partial charge in [-0.3, -0.25) is 0 Å². The van der Waals surface area contributed by atoms with E-state index in [1.807, 2.05) is 45.0 Å². The Morgan fingerprint density at radius 3 is 2.65 bits per heavy atom. The van der Waals surface area contributed by atoms with Crippen molar-refractivity contribution in [2.24, 2.45) is 0 Å². The molecule has 0 aliphatic rings. The van der Waals surface area contributed by atoms with Crippen molar-refractivity contribution in [1.29, 1.82) is 0 Å². The van der Waals surface area contributed by atoms with E-state index in [4.69, 9.17) is 16.3 Å². The highest BCUT2D eigenvalue weighted by atomic mass is 35.5. The maximum Gasteiger partial charge on any atom is 0.134 e. The Balaban J connectivity index is 2.25. The van der Waals surface area contributed by atoms with Gasteiger partial charge < -0.3 is 10.1 Å². The molecule has 0 aliphatic heterocycles. The Kier molecular flexibility index (Phi) is 4.79. The van der Waals surface area contributed by atoms with Crippen LogP contribution in [-0.2, 0) is 5.88 Å². The minimum Gasteiger partial charge on any atom is -0.494 e. The molecule has 0 saturated carbocycles. The summed E-state index contributed by atoms with van der Waals surface area (Å²) in [5.74, 6) is 2.76. The van der Waals surface area contributed by atoms with Crippen molar-refractivity contribution in [3.63, 3.8) is 0 Å². The van der Waals surface area contributed by atoms with Gasteiger partial charge in [-0.15, -0.1) is 11.6 Å². The van der Waals surface area contributed by atoms with Gasteiger partial charge in [0.15, 0.2) is 0 Å². The Morgan fingerprint density at radius 2 is 2.00 bits per heavy atom. The smallest absolute Gasteiger partial charge is 0.134 e. The van der Waals surface area contributed by atoms with Gasteiger partial charge in [0.2, 0.25) is 0 Å². The van der Waals surface area contributed by atoms with Gasteiger partial charge >= 0.3 is 0 Å². The lowest BCUT2D eigenvalue weighted by atomic mass is 10.2. The molecule has 0 atom stereocenters. The number of ether oxygens (including phenoxy) is 1. The molecule has 0 fully saturated rings. The van der Waals surface area contributed by atoms with Gasteiger partial charge in [-0.25, -0.2) is 9.97 Å². The molecule has 0 radical (unpaired) electrons. The van der Waals surface area contributed by atoms with Crippen molar-refractivity contribution in [2.75, 3.05) is 11.9 Å². The van der Waals surface area contributed by atoms with Crippen LogP contribution in [0.15, 0.2) is 24.3 Å². The van der Waals surface area contributed by atoms with Gasteiger partial charge in [-0.1, -0.05) is 0 Å². The summed E-state index contributed by atoms with van der Waals surface area (Å²) in [6, 6.07) is 7.76. The first-order valence-corrected chi connectivity index (χ1v) is 7.07. The third kappa shape index (κ3) is 3.61. The van der Waals surface area contributed by atoms with Crippen LogP contribution in [0.2, 0.25) is 0 Å². The van der Waals surface area contributed by atoms with Crippen molar-refractivity contribution in [2.45, 2.75) is 26.7 Å². The zero-order chi connectivity index (χ0) is 14.5. The summed E-state index contributed by atoms with van der Waals surface area (Å²) < 4.78 is 5.53. The Morgan fingerprint density at radius 1 is 1.20 bits per heavy atom. The molecule has 1 N–H and O–H groups in total. The van der Waals surface area contributed by atoms with Gasteiger partial charge in [0.1, 0.15) is 17.4 Å². The second-order valence-electron chi connectivity index (χ2n) is 4.46. The number of nitrogens with one attached hydrogen (secondary N) is 1. The van der Waals surface area contributed by atoms with Crippen LogP contribution in [0.4, 0.5) is 11.5 Å². The Labute approximate surface area is 124 Å². The second kappa shape index (κ2) is 6.57. The summed E-state index contributed by atoms with van der Waals surface area (Å²) in [6.07, 6.45) is 0. The van der Waals surface area contributed by atoms with Gasteiger partial charge in [0.05, 0.1) is 12.5 Å². The van der Waals surface area contributed by atoms with Crippen LogP contribution >= 0.6 is 11.6 Å². The van der Waals surface area contributed by atoms with E-state index in [1.165, 1.54) is 0 Å². The van der Waals surface area contributed by atoms with E-state index in [1.54, 1.807) is 0 Å². The molecule has 2 rings (SSSR count). The van der Waals surface area contributed by atoms with Crippen molar-refractivity contribution < 1.29 is 4.74 Å². The fourth-order valence-electron chi connectivity index (χ4n) is 1.99. The van der Waals surface area contributed by atoms with E-state index in [0.717, 1.165) is 34.3 Å². The number of aromatic nitrogens is 2. The first kappa shape index (κ1) is 14.6. The van der Waals surface area contributed by atoms with Gasteiger partial charge in [-0.2, -0.15) is 0 Å². The van der Waals surface area contributed by atoms with Crippen molar-refractivity contribution >= 4 is 23.1 Å². The van der Waals surface area contributed by atoms with Crippen LogP contribution < -0.4 is 10.1 Å². The molecule has 0 aliphatic carbocycles. The molecule has 0 bridgehead atoms. The molecule has 5 heteroatoms. The Hall–Kier alpha value is -1.81. The van der Waals surface area contributed by atoms with Crippen LogP contribution in [-0.4, -0.2) is 16.6 Å². The Bertz CT molecular complexity index is 581. The highest BCUT2D eigenvalue weighted by molar-refractivity contribution is 6.17. The number of hydrogen-bond donors (Lipinski definition) is 1. The maximum atomic E-state index is 5.96. The third-order valence-corrected chi connectivity index (χ3v) is 3.03. The molecule has 4 nitrogen and oxygen atoms in total. The van der Waals surface area contributed by atoms with Crippen LogP contribution in [0, 0.1) is 13.8 Å². The van der Waals surface area contributed by atoms with E-state index in [-0.39, 0.29) is 0 Å². The molecule has 20 heavy (non-hydrogen) atoms. The third-order valence-electron chi connectivity index (χ3n) is 2.74. The summed E-state index contributed by atoms with van der Waals surface area (Å²) in [6.45, 7) is 6.40. The topological polar surface area (TPSA) is 47.0 Å². The molecule has 0 amide bonds. The summed E-state index contributed by atoms with van der Waals surface area (Å²) >= 11 is 5.96. The molecule has 1 aromatic heterocycles. The summed E-state index contributed by atoms with van der Waals surface area (Å²) in [7, 11) is 0. The van der Waals surface area contributed by atoms with Crippen LogP contribution in [0.25, 0.3) is 0 Å². The molecule has 0 saturated heterocycles. The van der Waals surface area contributed by atoms with E-state index in [2.05, 4.69) is 15.3 Å². The van der Waals surface area contributed by atoms with E-state index in [0.29, 0.717) is 12.5 Å². The molecule has 106 valence electrons. The monoisotopic (exact) mass is 291 g/mol. The fourth-order valence-corrected chi connectivity index (χ4v) is 2.20. The lowest BCUT2D eigenvalue weighted by Gasteiger charge is -2.12. The highest BCUT2D eigenvalue weighted by Gasteiger charge is 2.05. The number of aryl methyl sites for hydroxylation is 2. The zero-order valence-electron chi connectivity index (χ0n) is 11.9. The van der Waals surface area contributed by atoms with Crippen LogP contribution in [0.5, 0.6) is 5.75 Å². The quantitative estimate of drug-likeness (QED) is 0.847. The summed E-state index contributed by atoms with van der Waals surface area (Å²) in [4.78, 5) is 8.61.